The van der Waals surface area contributed by atoms with Gasteiger partial charge in [0.15, 0.2) is 0 Å². The van der Waals surface area contributed by atoms with Crippen LogP contribution in [-0.2, 0) is 12.8 Å². The van der Waals surface area contributed by atoms with Crippen molar-refractivity contribution in [3.63, 3.8) is 0 Å². The Bertz CT molecular complexity index is 347. The van der Waals surface area contributed by atoms with Crippen LogP contribution in [0.3, 0.4) is 0 Å². The molecule has 0 fully saturated rings. The number of aryl methyl sites for hydroxylation is 1. The zero-order valence-corrected chi connectivity index (χ0v) is 9.55. The van der Waals surface area contributed by atoms with Gasteiger partial charge in [-0.3, -0.25) is 0 Å². The lowest BCUT2D eigenvalue weighted by Gasteiger charge is -2.34. The zero-order chi connectivity index (χ0) is 10.9. The Morgan fingerprint density at radius 3 is 2.93 bits per heavy atom. The average Bonchev–Trinajstić information content (AvgIpc) is 2.28. The molecule has 0 bridgehead atoms. The summed E-state index contributed by atoms with van der Waals surface area (Å²) >= 11 is 0. The smallest absolute Gasteiger partial charge is 0.122 e. The molecule has 0 spiro atoms. The first-order valence-electron chi connectivity index (χ1n) is 5.53. The molecule has 0 saturated carbocycles. The third-order valence-corrected chi connectivity index (χ3v) is 3.54. The number of fused-ring (bicyclic) bond motifs is 1. The van der Waals surface area contributed by atoms with Crippen LogP contribution in [0.25, 0.3) is 0 Å². The maximum Gasteiger partial charge on any atom is 0.122 e. The van der Waals surface area contributed by atoms with Gasteiger partial charge in [-0.15, -0.1) is 0 Å². The van der Waals surface area contributed by atoms with Crippen LogP contribution >= 0.6 is 0 Å². The summed E-state index contributed by atoms with van der Waals surface area (Å²) in [5.74, 6) is 1.02. The molecular weight excluding hydrogens is 186 g/mol. The lowest BCUT2D eigenvalue weighted by Crippen LogP contribution is -2.33. The minimum atomic E-state index is 0.252. The zero-order valence-electron chi connectivity index (χ0n) is 9.55. The van der Waals surface area contributed by atoms with Gasteiger partial charge in [-0.1, -0.05) is 19.1 Å². The number of rotatable bonds is 2. The fraction of sp³-hybridized carbons (Fsp3) is 0.538. The molecule has 0 aliphatic heterocycles. The van der Waals surface area contributed by atoms with Gasteiger partial charge in [-0.2, -0.15) is 0 Å². The molecule has 82 valence electrons. The van der Waals surface area contributed by atoms with Crippen LogP contribution in [0.2, 0.25) is 0 Å². The summed E-state index contributed by atoms with van der Waals surface area (Å²) in [6, 6.07) is 6.32. The van der Waals surface area contributed by atoms with Gasteiger partial charge in [-0.25, -0.2) is 0 Å². The average molecular weight is 205 g/mol. The summed E-state index contributed by atoms with van der Waals surface area (Å²) in [5.41, 5.74) is 8.89. The van der Waals surface area contributed by atoms with E-state index in [1.54, 1.807) is 7.11 Å². The van der Waals surface area contributed by atoms with Crippen LogP contribution in [0.15, 0.2) is 18.2 Å². The summed E-state index contributed by atoms with van der Waals surface area (Å²) < 4.78 is 5.41. The van der Waals surface area contributed by atoms with E-state index in [9.17, 15) is 0 Å². The lowest BCUT2D eigenvalue weighted by atomic mass is 9.73. The van der Waals surface area contributed by atoms with E-state index in [1.165, 1.54) is 17.5 Å². The second-order valence-corrected chi connectivity index (χ2v) is 4.79. The van der Waals surface area contributed by atoms with Crippen molar-refractivity contribution in [2.75, 3.05) is 13.7 Å². The van der Waals surface area contributed by atoms with Gasteiger partial charge >= 0.3 is 0 Å². The highest BCUT2D eigenvalue weighted by molar-refractivity contribution is 5.42. The SMILES string of the molecule is COc1cccc2c1CC(C)(CN)CC2. The van der Waals surface area contributed by atoms with Gasteiger partial charge in [0.05, 0.1) is 7.11 Å². The summed E-state index contributed by atoms with van der Waals surface area (Å²) in [6.45, 7) is 3.02. The topological polar surface area (TPSA) is 35.2 Å². The molecule has 1 aliphatic carbocycles. The molecule has 2 heteroatoms. The molecule has 2 nitrogen and oxygen atoms in total. The van der Waals surface area contributed by atoms with Crippen molar-refractivity contribution in [1.82, 2.24) is 0 Å². The fourth-order valence-electron chi connectivity index (χ4n) is 2.36. The van der Waals surface area contributed by atoms with Gasteiger partial charge in [0, 0.05) is 0 Å². The van der Waals surface area contributed by atoms with Gasteiger partial charge in [-0.05, 0) is 48.4 Å². The molecule has 2 rings (SSSR count). The Morgan fingerprint density at radius 2 is 2.27 bits per heavy atom. The Hall–Kier alpha value is -1.02. The molecular formula is C13H19NO. The van der Waals surface area contributed by atoms with Crippen molar-refractivity contribution in [1.29, 1.82) is 0 Å². The van der Waals surface area contributed by atoms with E-state index in [2.05, 4.69) is 19.1 Å². The Labute approximate surface area is 91.4 Å². The third-order valence-electron chi connectivity index (χ3n) is 3.54. The minimum absolute atomic E-state index is 0.252. The fourth-order valence-corrected chi connectivity index (χ4v) is 2.36. The molecule has 0 aromatic heterocycles. The molecule has 1 unspecified atom stereocenters. The minimum Gasteiger partial charge on any atom is -0.496 e. The standard InChI is InChI=1S/C13H19NO/c1-13(9-14)7-6-10-4-3-5-12(15-2)11(10)8-13/h3-5H,6-9,14H2,1-2H3. The number of ether oxygens (including phenoxy) is 1. The van der Waals surface area contributed by atoms with Gasteiger partial charge in [0.1, 0.15) is 5.75 Å². The third kappa shape index (κ3) is 1.86. The van der Waals surface area contributed by atoms with Crippen molar-refractivity contribution >= 4 is 0 Å². The number of nitrogens with two attached hydrogens (primary N) is 1. The van der Waals surface area contributed by atoms with Crippen LogP contribution in [0.4, 0.5) is 0 Å². The van der Waals surface area contributed by atoms with Gasteiger partial charge in [0.25, 0.3) is 0 Å². The van der Waals surface area contributed by atoms with Crippen molar-refractivity contribution in [3.05, 3.63) is 29.3 Å². The predicted molar refractivity (Wildman–Crippen MR) is 62.2 cm³/mol. The maximum atomic E-state index is 5.85. The van der Waals surface area contributed by atoms with Gasteiger partial charge < -0.3 is 10.5 Å². The van der Waals surface area contributed by atoms with Crippen LogP contribution in [0, 0.1) is 5.41 Å². The number of benzene rings is 1. The van der Waals surface area contributed by atoms with Crippen LogP contribution in [0.1, 0.15) is 24.5 Å². The van der Waals surface area contributed by atoms with Crippen molar-refractivity contribution in [2.45, 2.75) is 26.2 Å². The van der Waals surface area contributed by atoms with Crippen molar-refractivity contribution in [3.8, 4) is 5.75 Å². The summed E-state index contributed by atoms with van der Waals surface area (Å²) in [5, 5.41) is 0. The Kier molecular flexibility index (Phi) is 2.70. The Balaban J connectivity index is 2.38. The van der Waals surface area contributed by atoms with Gasteiger partial charge in [0.2, 0.25) is 0 Å². The maximum absolute atomic E-state index is 5.85. The van der Waals surface area contributed by atoms with E-state index < -0.39 is 0 Å². The molecule has 1 atom stereocenters. The normalized spacial score (nSPS) is 24.7. The first-order valence-corrected chi connectivity index (χ1v) is 5.53. The second-order valence-electron chi connectivity index (χ2n) is 4.79. The van der Waals surface area contributed by atoms with E-state index in [0.717, 1.165) is 25.1 Å². The molecule has 0 amide bonds. The van der Waals surface area contributed by atoms with Crippen molar-refractivity contribution < 1.29 is 4.74 Å². The van der Waals surface area contributed by atoms with Crippen molar-refractivity contribution in [2.24, 2.45) is 11.1 Å². The lowest BCUT2D eigenvalue weighted by molar-refractivity contribution is 0.283. The second kappa shape index (κ2) is 3.86. The van der Waals surface area contributed by atoms with E-state index in [0.29, 0.717) is 0 Å². The summed E-state index contributed by atoms with van der Waals surface area (Å²) in [7, 11) is 1.74. The molecule has 2 N–H and O–H groups in total. The highest BCUT2D eigenvalue weighted by atomic mass is 16.5. The molecule has 1 aliphatic rings. The molecule has 0 radical (unpaired) electrons. The van der Waals surface area contributed by atoms with E-state index in [1.807, 2.05) is 6.07 Å². The summed E-state index contributed by atoms with van der Waals surface area (Å²) in [6.07, 6.45) is 3.35. The number of hydrogen-bond acceptors (Lipinski definition) is 2. The first-order chi connectivity index (χ1) is 7.18. The largest absolute Gasteiger partial charge is 0.496 e. The Morgan fingerprint density at radius 1 is 1.47 bits per heavy atom. The number of methoxy groups -OCH3 is 1. The molecule has 15 heavy (non-hydrogen) atoms. The first kappa shape index (κ1) is 10.5. The van der Waals surface area contributed by atoms with Crippen LogP contribution in [0.5, 0.6) is 5.75 Å². The molecule has 1 aromatic carbocycles. The number of hydrogen-bond donors (Lipinski definition) is 1. The van der Waals surface area contributed by atoms with E-state index >= 15 is 0 Å². The molecule has 0 saturated heterocycles. The predicted octanol–water partition coefficient (Wildman–Crippen LogP) is 2.15. The highest BCUT2D eigenvalue weighted by Gasteiger charge is 2.30. The summed E-state index contributed by atoms with van der Waals surface area (Å²) in [4.78, 5) is 0. The monoisotopic (exact) mass is 205 g/mol. The molecule has 1 aromatic rings. The van der Waals surface area contributed by atoms with E-state index in [4.69, 9.17) is 10.5 Å². The van der Waals surface area contributed by atoms with Crippen LogP contribution < -0.4 is 10.5 Å². The van der Waals surface area contributed by atoms with E-state index in [-0.39, 0.29) is 5.41 Å². The molecule has 0 heterocycles. The highest BCUT2D eigenvalue weighted by Crippen LogP contribution is 2.38. The van der Waals surface area contributed by atoms with Crippen LogP contribution in [-0.4, -0.2) is 13.7 Å². The quantitative estimate of drug-likeness (QED) is 0.803.